The van der Waals surface area contributed by atoms with Crippen molar-refractivity contribution >= 4 is 36.5 Å². The molecule has 0 radical (unpaired) electrons. The molecule has 0 aliphatic rings. The molecule has 0 heterocycles. The van der Waals surface area contributed by atoms with E-state index >= 15 is 0 Å². The Bertz CT molecular complexity index is 299. The second kappa shape index (κ2) is 10.1. The molecule has 6 nitrogen and oxygen atoms in total. The summed E-state index contributed by atoms with van der Waals surface area (Å²) in [5.74, 6) is -0.0903. The molecule has 0 saturated heterocycles. The van der Waals surface area contributed by atoms with E-state index in [0.717, 1.165) is 0 Å². The Labute approximate surface area is 107 Å². The minimum Gasteiger partial charge on any atom is -0.384 e. The molecule has 0 aliphatic carbocycles. The molecule has 0 aromatic rings. The fourth-order valence-corrected chi connectivity index (χ4v) is 0.379. The van der Waals surface area contributed by atoms with Gasteiger partial charge in [-0.15, -0.1) is 24.8 Å². The summed E-state index contributed by atoms with van der Waals surface area (Å²) in [6.07, 6.45) is 2.73. The molecule has 8 heteroatoms. The van der Waals surface area contributed by atoms with Gasteiger partial charge in [-0.1, -0.05) is 0 Å². The van der Waals surface area contributed by atoms with Crippen molar-refractivity contribution in [3.8, 4) is 0 Å². The third-order valence-electron chi connectivity index (χ3n) is 1.42. The van der Waals surface area contributed by atoms with Crippen LogP contribution in [0.4, 0.5) is 0 Å². The van der Waals surface area contributed by atoms with Gasteiger partial charge in [-0.3, -0.25) is 10.8 Å². The first-order valence-corrected chi connectivity index (χ1v) is 3.87. The molecule has 0 fully saturated rings. The molecule has 16 heavy (non-hydrogen) atoms. The van der Waals surface area contributed by atoms with Gasteiger partial charge in [0.1, 0.15) is 11.7 Å². The molecule has 92 valence electrons. The van der Waals surface area contributed by atoms with E-state index in [0.29, 0.717) is 11.1 Å². The Kier molecular flexibility index (Phi) is 12.7. The normalized spacial score (nSPS) is 11.6. The third-order valence-corrected chi connectivity index (χ3v) is 1.42. The second-order valence-electron chi connectivity index (χ2n) is 2.68. The van der Waals surface area contributed by atoms with Crippen LogP contribution in [0.1, 0.15) is 13.8 Å². The molecule has 0 bridgehead atoms. The molecule has 0 rings (SSSR count). The number of amidine groups is 2. The van der Waals surface area contributed by atoms with E-state index in [1.165, 1.54) is 12.4 Å². The van der Waals surface area contributed by atoms with Crippen molar-refractivity contribution in [2.45, 2.75) is 13.8 Å². The van der Waals surface area contributed by atoms with Gasteiger partial charge in [-0.2, -0.15) is 10.2 Å². The largest absolute Gasteiger partial charge is 0.384 e. The van der Waals surface area contributed by atoms with Gasteiger partial charge in [0.2, 0.25) is 0 Å². The highest BCUT2D eigenvalue weighted by Gasteiger charge is 1.90. The number of rotatable bonds is 4. The Morgan fingerprint density at radius 3 is 1.31 bits per heavy atom. The Balaban J connectivity index is -0.000000845. The number of hydrogen-bond acceptors (Lipinski definition) is 4. The summed E-state index contributed by atoms with van der Waals surface area (Å²) < 4.78 is 0. The standard InChI is InChI=1S/C8H14N6.2ClH/c1-5(7(9)10)3-13-14-4-6(2)8(11)12;;/h3-4H,1-2H3,(H3,9,10)(H3,11,12);2*1H. The van der Waals surface area contributed by atoms with Crippen LogP contribution in [-0.2, 0) is 0 Å². The lowest BCUT2D eigenvalue weighted by Crippen LogP contribution is -2.10. The van der Waals surface area contributed by atoms with Gasteiger partial charge in [-0.25, -0.2) is 0 Å². The molecule has 0 aromatic heterocycles. The Morgan fingerprint density at radius 1 is 0.875 bits per heavy atom. The van der Waals surface area contributed by atoms with E-state index in [9.17, 15) is 0 Å². The maximum Gasteiger partial charge on any atom is 0.119 e. The molecule has 0 spiro atoms. The smallest absolute Gasteiger partial charge is 0.119 e. The number of halogens is 2. The van der Waals surface area contributed by atoms with Crippen LogP contribution >= 0.6 is 24.8 Å². The summed E-state index contributed by atoms with van der Waals surface area (Å²) in [5, 5.41) is 21.3. The van der Waals surface area contributed by atoms with Crippen molar-refractivity contribution in [1.82, 2.24) is 0 Å². The lowest BCUT2D eigenvalue weighted by atomic mass is 10.3. The number of nitrogens with zero attached hydrogens (tertiary/aromatic N) is 2. The SMILES string of the molecule is CC(=CN=NC=C(C)C(=N)N)C(=N)N.Cl.Cl. The number of hydrogen-bond donors (Lipinski definition) is 4. The van der Waals surface area contributed by atoms with Crippen LogP contribution in [0.5, 0.6) is 0 Å². The van der Waals surface area contributed by atoms with E-state index in [1.54, 1.807) is 13.8 Å². The van der Waals surface area contributed by atoms with E-state index in [-0.39, 0.29) is 36.5 Å². The van der Waals surface area contributed by atoms with Gasteiger partial charge in [-0.05, 0) is 13.8 Å². The van der Waals surface area contributed by atoms with Crippen LogP contribution in [-0.4, -0.2) is 11.7 Å². The van der Waals surface area contributed by atoms with Crippen molar-refractivity contribution in [3.63, 3.8) is 0 Å². The topological polar surface area (TPSA) is 124 Å². The van der Waals surface area contributed by atoms with Gasteiger partial charge < -0.3 is 11.5 Å². The van der Waals surface area contributed by atoms with Crippen LogP contribution in [0.3, 0.4) is 0 Å². The highest BCUT2D eigenvalue weighted by Crippen LogP contribution is 1.95. The number of nitrogens with one attached hydrogen (secondary N) is 2. The van der Waals surface area contributed by atoms with Crippen LogP contribution in [0.25, 0.3) is 0 Å². The monoisotopic (exact) mass is 266 g/mol. The quantitative estimate of drug-likeness (QED) is 0.353. The van der Waals surface area contributed by atoms with Crippen molar-refractivity contribution < 1.29 is 0 Å². The average Bonchev–Trinajstić information content (AvgIpc) is 2.11. The van der Waals surface area contributed by atoms with Gasteiger partial charge in [0.05, 0.1) is 12.4 Å². The van der Waals surface area contributed by atoms with Crippen molar-refractivity contribution in [3.05, 3.63) is 23.5 Å². The Morgan fingerprint density at radius 2 is 1.12 bits per heavy atom. The van der Waals surface area contributed by atoms with Crippen molar-refractivity contribution in [2.24, 2.45) is 21.7 Å². The molecular formula is C8H16Cl2N6. The third kappa shape index (κ3) is 9.17. The van der Waals surface area contributed by atoms with Crippen molar-refractivity contribution in [2.75, 3.05) is 0 Å². The van der Waals surface area contributed by atoms with Crippen LogP contribution < -0.4 is 11.5 Å². The van der Waals surface area contributed by atoms with Crippen molar-refractivity contribution in [1.29, 1.82) is 10.8 Å². The van der Waals surface area contributed by atoms with Crippen LogP contribution in [0.2, 0.25) is 0 Å². The first kappa shape index (κ1) is 20.1. The summed E-state index contributed by atoms with van der Waals surface area (Å²) >= 11 is 0. The zero-order valence-electron chi connectivity index (χ0n) is 9.02. The summed E-state index contributed by atoms with van der Waals surface area (Å²) in [5.41, 5.74) is 11.4. The van der Waals surface area contributed by atoms with E-state index in [1.807, 2.05) is 0 Å². The predicted octanol–water partition coefficient (Wildman–Crippen LogP) is 1.96. The minimum atomic E-state index is -0.0452. The minimum absolute atomic E-state index is 0. The lowest BCUT2D eigenvalue weighted by molar-refractivity contribution is 1.19. The second-order valence-corrected chi connectivity index (χ2v) is 2.68. The molecule has 0 amide bonds. The van der Waals surface area contributed by atoms with E-state index in [4.69, 9.17) is 22.3 Å². The molecular weight excluding hydrogens is 251 g/mol. The molecule has 0 atom stereocenters. The molecule has 0 aromatic carbocycles. The highest BCUT2D eigenvalue weighted by atomic mass is 35.5. The van der Waals surface area contributed by atoms with Gasteiger partial charge in [0.15, 0.2) is 0 Å². The zero-order valence-corrected chi connectivity index (χ0v) is 10.7. The lowest BCUT2D eigenvalue weighted by Gasteiger charge is -1.92. The van der Waals surface area contributed by atoms with E-state index in [2.05, 4.69) is 10.2 Å². The van der Waals surface area contributed by atoms with Gasteiger partial charge in [0.25, 0.3) is 0 Å². The van der Waals surface area contributed by atoms with Crippen LogP contribution in [0, 0.1) is 10.8 Å². The Hall–Kier alpha value is -1.40. The maximum absolute atomic E-state index is 7.03. The maximum atomic E-state index is 7.03. The first-order valence-electron chi connectivity index (χ1n) is 3.87. The zero-order chi connectivity index (χ0) is 11.1. The fraction of sp³-hybridized carbons (Fsp3) is 0.250. The molecule has 0 saturated carbocycles. The highest BCUT2D eigenvalue weighted by molar-refractivity contribution is 5.94. The van der Waals surface area contributed by atoms with E-state index < -0.39 is 0 Å². The fourth-order valence-electron chi connectivity index (χ4n) is 0.379. The first-order chi connectivity index (χ1) is 6.45. The summed E-state index contributed by atoms with van der Waals surface area (Å²) in [6.45, 7) is 3.31. The van der Waals surface area contributed by atoms with Gasteiger partial charge >= 0.3 is 0 Å². The predicted molar refractivity (Wildman–Crippen MR) is 70.7 cm³/mol. The van der Waals surface area contributed by atoms with Gasteiger partial charge in [0, 0.05) is 11.1 Å². The molecule has 0 aliphatic heterocycles. The number of azo groups is 1. The molecule has 6 N–H and O–H groups in total. The van der Waals surface area contributed by atoms with Crippen LogP contribution in [0.15, 0.2) is 33.8 Å². The summed E-state index contributed by atoms with van der Waals surface area (Å²) in [6, 6.07) is 0. The average molecular weight is 267 g/mol. The number of nitrogens with two attached hydrogens (primary N) is 2. The molecule has 0 unspecified atom stereocenters. The summed E-state index contributed by atoms with van der Waals surface area (Å²) in [4.78, 5) is 0. The summed E-state index contributed by atoms with van der Waals surface area (Å²) in [7, 11) is 0.